The van der Waals surface area contributed by atoms with Crippen molar-refractivity contribution in [2.45, 2.75) is 66.0 Å². The SMILES string of the molecule is CCCCC(CC)CNC(=NC)NCc1nc(C(C)OCC)no1. The second kappa shape index (κ2) is 11.8. The highest BCUT2D eigenvalue weighted by Crippen LogP contribution is 2.13. The predicted octanol–water partition coefficient (Wildman–Crippen LogP) is 3.05. The fourth-order valence-electron chi connectivity index (χ4n) is 2.39. The molecule has 138 valence electrons. The van der Waals surface area contributed by atoms with Crippen LogP contribution in [0.2, 0.25) is 0 Å². The number of rotatable bonds is 11. The molecule has 0 radical (unpaired) electrons. The Morgan fingerprint density at radius 2 is 2.08 bits per heavy atom. The molecule has 0 aliphatic rings. The van der Waals surface area contributed by atoms with Gasteiger partial charge >= 0.3 is 0 Å². The fraction of sp³-hybridized carbons (Fsp3) is 0.824. The largest absolute Gasteiger partial charge is 0.371 e. The molecule has 0 saturated heterocycles. The number of guanidine groups is 1. The highest BCUT2D eigenvalue weighted by atomic mass is 16.5. The number of ether oxygens (including phenoxy) is 1. The zero-order valence-corrected chi connectivity index (χ0v) is 15.8. The van der Waals surface area contributed by atoms with E-state index in [2.05, 4.69) is 39.6 Å². The number of nitrogens with one attached hydrogen (secondary N) is 2. The summed E-state index contributed by atoms with van der Waals surface area (Å²) in [5.74, 6) is 2.52. The van der Waals surface area contributed by atoms with Gasteiger partial charge in [-0.05, 0) is 26.2 Å². The molecule has 0 aliphatic heterocycles. The monoisotopic (exact) mass is 339 g/mol. The van der Waals surface area contributed by atoms with Gasteiger partial charge in [-0.1, -0.05) is 38.3 Å². The van der Waals surface area contributed by atoms with E-state index in [-0.39, 0.29) is 6.10 Å². The Bertz CT molecular complexity index is 475. The zero-order chi connectivity index (χ0) is 17.8. The summed E-state index contributed by atoms with van der Waals surface area (Å²) < 4.78 is 10.7. The number of hydrogen-bond donors (Lipinski definition) is 2. The van der Waals surface area contributed by atoms with E-state index >= 15 is 0 Å². The van der Waals surface area contributed by atoms with Crippen molar-refractivity contribution >= 4 is 5.96 Å². The lowest BCUT2D eigenvalue weighted by atomic mass is 9.99. The second-order valence-corrected chi connectivity index (χ2v) is 5.87. The third-order valence-electron chi connectivity index (χ3n) is 4.00. The molecule has 0 aliphatic carbocycles. The molecule has 7 heteroatoms. The van der Waals surface area contributed by atoms with Gasteiger partial charge in [0.05, 0.1) is 6.54 Å². The minimum atomic E-state index is -0.159. The fourth-order valence-corrected chi connectivity index (χ4v) is 2.39. The number of aromatic nitrogens is 2. The van der Waals surface area contributed by atoms with Gasteiger partial charge in [-0.15, -0.1) is 0 Å². The van der Waals surface area contributed by atoms with Crippen molar-refractivity contribution in [1.29, 1.82) is 0 Å². The van der Waals surface area contributed by atoms with Crippen molar-refractivity contribution < 1.29 is 9.26 Å². The van der Waals surface area contributed by atoms with E-state index in [1.165, 1.54) is 25.7 Å². The Labute approximate surface area is 145 Å². The molecule has 1 aromatic rings. The van der Waals surface area contributed by atoms with Gasteiger partial charge in [0.25, 0.3) is 0 Å². The Morgan fingerprint density at radius 3 is 2.71 bits per heavy atom. The van der Waals surface area contributed by atoms with Gasteiger partial charge in [-0.25, -0.2) is 0 Å². The average molecular weight is 339 g/mol. The Morgan fingerprint density at radius 1 is 1.29 bits per heavy atom. The molecule has 1 rings (SSSR count). The van der Waals surface area contributed by atoms with Gasteiger partial charge in [0.15, 0.2) is 11.8 Å². The molecule has 0 fully saturated rings. The first-order chi connectivity index (χ1) is 11.6. The molecule has 0 bridgehead atoms. The highest BCUT2D eigenvalue weighted by Gasteiger charge is 2.14. The van der Waals surface area contributed by atoms with Crippen LogP contribution in [-0.4, -0.2) is 36.3 Å². The predicted molar refractivity (Wildman–Crippen MR) is 95.8 cm³/mol. The first-order valence-electron chi connectivity index (χ1n) is 9.03. The van der Waals surface area contributed by atoms with Gasteiger partial charge in [0.2, 0.25) is 5.89 Å². The number of aliphatic imine (C=N–C) groups is 1. The van der Waals surface area contributed by atoms with Gasteiger partial charge in [-0.2, -0.15) is 4.98 Å². The molecular formula is C17H33N5O2. The van der Waals surface area contributed by atoms with Crippen LogP contribution in [0.4, 0.5) is 0 Å². The van der Waals surface area contributed by atoms with E-state index < -0.39 is 0 Å². The Kier molecular flexibility index (Phi) is 10.1. The van der Waals surface area contributed by atoms with Gasteiger partial charge in [0.1, 0.15) is 6.10 Å². The van der Waals surface area contributed by atoms with Crippen molar-refractivity contribution in [1.82, 2.24) is 20.8 Å². The standard InChI is InChI=1S/C17H33N5O2/c1-6-9-10-14(7-2)11-19-17(18-5)20-12-15-21-16(22-24-15)13(4)23-8-3/h13-14H,6-12H2,1-5H3,(H2,18,19,20). The molecule has 2 unspecified atom stereocenters. The summed E-state index contributed by atoms with van der Waals surface area (Å²) in [6, 6.07) is 0. The molecular weight excluding hydrogens is 306 g/mol. The highest BCUT2D eigenvalue weighted by molar-refractivity contribution is 5.79. The molecule has 0 amide bonds. The lowest BCUT2D eigenvalue weighted by Gasteiger charge is -2.17. The minimum absolute atomic E-state index is 0.159. The van der Waals surface area contributed by atoms with E-state index in [0.29, 0.717) is 30.8 Å². The van der Waals surface area contributed by atoms with Crippen LogP contribution in [0.25, 0.3) is 0 Å². The van der Waals surface area contributed by atoms with Crippen LogP contribution in [0.1, 0.15) is 71.2 Å². The van der Waals surface area contributed by atoms with Crippen LogP contribution in [-0.2, 0) is 11.3 Å². The van der Waals surface area contributed by atoms with Crippen LogP contribution >= 0.6 is 0 Å². The van der Waals surface area contributed by atoms with E-state index in [4.69, 9.17) is 9.26 Å². The Hall–Kier alpha value is -1.63. The van der Waals surface area contributed by atoms with Crippen LogP contribution in [0.3, 0.4) is 0 Å². The van der Waals surface area contributed by atoms with E-state index in [1.54, 1.807) is 7.05 Å². The normalized spacial score (nSPS) is 14.5. The molecule has 2 N–H and O–H groups in total. The summed E-state index contributed by atoms with van der Waals surface area (Å²) in [6.07, 6.45) is 4.78. The van der Waals surface area contributed by atoms with Gasteiger partial charge < -0.3 is 19.9 Å². The third-order valence-corrected chi connectivity index (χ3v) is 4.00. The summed E-state index contributed by atoms with van der Waals surface area (Å²) in [5, 5.41) is 10.5. The average Bonchev–Trinajstić information content (AvgIpc) is 3.07. The molecule has 7 nitrogen and oxygen atoms in total. The molecule has 0 aromatic carbocycles. The Balaban J connectivity index is 2.41. The zero-order valence-electron chi connectivity index (χ0n) is 15.8. The van der Waals surface area contributed by atoms with Crippen LogP contribution in [0.15, 0.2) is 9.52 Å². The van der Waals surface area contributed by atoms with Crippen LogP contribution in [0.5, 0.6) is 0 Å². The molecule has 2 atom stereocenters. The van der Waals surface area contributed by atoms with Crippen LogP contribution in [0, 0.1) is 5.92 Å². The van der Waals surface area contributed by atoms with Crippen LogP contribution < -0.4 is 10.6 Å². The van der Waals surface area contributed by atoms with E-state index in [0.717, 1.165) is 12.5 Å². The number of unbranched alkanes of at least 4 members (excludes halogenated alkanes) is 1. The molecule has 0 spiro atoms. The van der Waals surface area contributed by atoms with Crippen molar-refractivity contribution in [3.63, 3.8) is 0 Å². The van der Waals surface area contributed by atoms with Crippen molar-refractivity contribution in [3.05, 3.63) is 11.7 Å². The quantitative estimate of drug-likeness (QED) is 0.476. The summed E-state index contributed by atoms with van der Waals surface area (Å²) in [4.78, 5) is 8.58. The minimum Gasteiger partial charge on any atom is -0.371 e. The first kappa shape index (κ1) is 20.4. The molecule has 1 aromatic heterocycles. The summed E-state index contributed by atoms with van der Waals surface area (Å²) >= 11 is 0. The topological polar surface area (TPSA) is 84.6 Å². The maximum atomic E-state index is 5.46. The third kappa shape index (κ3) is 7.29. The maximum Gasteiger partial charge on any atom is 0.246 e. The maximum absolute atomic E-state index is 5.46. The van der Waals surface area contributed by atoms with Gasteiger partial charge in [-0.3, -0.25) is 4.99 Å². The molecule has 0 saturated carbocycles. The molecule has 24 heavy (non-hydrogen) atoms. The van der Waals surface area contributed by atoms with E-state index in [9.17, 15) is 0 Å². The van der Waals surface area contributed by atoms with Gasteiger partial charge in [0, 0.05) is 20.2 Å². The first-order valence-corrected chi connectivity index (χ1v) is 9.03. The lowest BCUT2D eigenvalue weighted by Crippen LogP contribution is -2.39. The number of hydrogen-bond acceptors (Lipinski definition) is 5. The van der Waals surface area contributed by atoms with Crippen molar-refractivity contribution in [2.75, 3.05) is 20.2 Å². The summed E-state index contributed by atoms with van der Waals surface area (Å²) in [6.45, 7) is 10.3. The summed E-state index contributed by atoms with van der Waals surface area (Å²) in [7, 11) is 1.76. The van der Waals surface area contributed by atoms with E-state index in [1.807, 2.05) is 13.8 Å². The summed E-state index contributed by atoms with van der Waals surface area (Å²) in [5.41, 5.74) is 0. The number of nitrogens with zero attached hydrogens (tertiary/aromatic N) is 3. The second-order valence-electron chi connectivity index (χ2n) is 5.87. The molecule has 1 heterocycles. The van der Waals surface area contributed by atoms with Crippen molar-refractivity contribution in [3.8, 4) is 0 Å². The van der Waals surface area contributed by atoms with Crippen molar-refractivity contribution in [2.24, 2.45) is 10.9 Å². The lowest BCUT2D eigenvalue weighted by molar-refractivity contribution is 0.0683. The smallest absolute Gasteiger partial charge is 0.246 e.